The molecule has 3 heterocycles. The first-order valence-corrected chi connectivity index (χ1v) is 9.16. The van der Waals surface area contributed by atoms with Gasteiger partial charge in [0.15, 0.2) is 16.9 Å². The number of hydrogen-bond acceptors (Lipinski definition) is 8. The monoisotopic (exact) mass is 345 g/mol. The third-order valence-corrected chi connectivity index (χ3v) is 4.80. The molecule has 0 amide bonds. The summed E-state index contributed by atoms with van der Waals surface area (Å²) in [5.74, 6) is -0.0600. The first kappa shape index (κ1) is 15.1. The summed E-state index contributed by atoms with van der Waals surface area (Å²) < 4.78 is 28.3. The molecule has 0 spiro atoms. The molecule has 0 radical (unpaired) electrons. The number of aromatic hydroxyl groups is 2. The standard InChI is InChI=1S/C12H15N3O5S2/c1-22(18,19)20-9-5-14(6-9)12-13-8(7-21-12)4-15-10(16)2-3-11(15)17/h2-3,7,9,16-17H,4-6H2,1H3. The third kappa shape index (κ3) is 3.18. The Labute approximate surface area is 131 Å². The zero-order chi connectivity index (χ0) is 15.9. The molecular formula is C12H15N3O5S2. The predicted molar refractivity (Wildman–Crippen MR) is 80.9 cm³/mol. The fraction of sp³-hybridized carbons (Fsp3) is 0.417. The number of aromatic nitrogens is 2. The van der Waals surface area contributed by atoms with Crippen molar-refractivity contribution in [2.75, 3.05) is 24.2 Å². The molecule has 0 aliphatic carbocycles. The second-order valence-corrected chi connectivity index (χ2v) is 7.52. The lowest BCUT2D eigenvalue weighted by Crippen LogP contribution is -2.53. The molecule has 120 valence electrons. The van der Waals surface area contributed by atoms with Crippen molar-refractivity contribution in [2.45, 2.75) is 12.6 Å². The second kappa shape index (κ2) is 5.45. The average Bonchev–Trinajstić information content (AvgIpc) is 2.94. The number of anilines is 1. The molecule has 1 aliphatic rings. The maximum absolute atomic E-state index is 11.0. The fourth-order valence-corrected chi connectivity index (χ4v) is 3.64. The summed E-state index contributed by atoms with van der Waals surface area (Å²) in [5, 5.41) is 21.8. The van der Waals surface area contributed by atoms with Crippen molar-refractivity contribution in [1.82, 2.24) is 9.55 Å². The van der Waals surface area contributed by atoms with Crippen molar-refractivity contribution in [1.29, 1.82) is 0 Å². The van der Waals surface area contributed by atoms with Crippen molar-refractivity contribution >= 4 is 26.6 Å². The first-order chi connectivity index (χ1) is 10.3. The van der Waals surface area contributed by atoms with E-state index < -0.39 is 10.1 Å². The molecule has 1 aliphatic heterocycles. The lowest BCUT2D eigenvalue weighted by Gasteiger charge is -2.37. The van der Waals surface area contributed by atoms with Gasteiger partial charge in [0.25, 0.3) is 10.1 Å². The van der Waals surface area contributed by atoms with Gasteiger partial charge in [-0.25, -0.2) is 4.98 Å². The van der Waals surface area contributed by atoms with E-state index in [0.29, 0.717) is 18.8 Å². The van der Waals surface area contributed by atoms with Gasteiger partial charge in [0, 0.05) is 30.6 Å². The van der Waals surface area contributed by atoms with Gasteiger partial charge in [-0.15, -0.1) is 11.3 Å². The Balaban J connectivity index is 1.61. The third-order valence-electron chi connectivity index (χ3n) is 3.22. The van der Waals surface area contributed by atoms with Gasteiger partial charge < -0.3 is 15.1 Å². The molecule has 0 saturated carbocycles. The average molecular weight is 345 g/mol. The Morgan fingerprint density at radius 2 is 2.00 bits per heavy atom. The van der Waals surface area contributed by atoms with Crippen LogP contribution in [0.5, 0.6) is 11.8 Å². The van der Waals surface area contributed by atoms with Gasteiger partial charge >= 0.3 is 0 Å². The van der Waals surface area contributed by atoms with E-state index in [2.05, 4.69) is 4.98 Å². The number of nitrogens with zero attached hydrogens (tertiary/aromatic N) is 3. The van der Waals surface area contributed by atoms with Crippen molar-refractivity contribution in [3.8, 4) is 11.8 Å². The van der Waals surface area contributed by atoms with E-state index >= 15 is 0 Å². The van der Waals surface area contributed by atoms with Gasteiger partial charge in [-0.2, -0.15) is 8.42 Å². The Kier molecular flexibility index (Phi) is 3.75. The summed E-state index contributed by atoms with van der Waals surface area (Å²) in [4.78, 5) is 6.33. The van der Waals surface area contributed by atoms with Crippen molar-refractivity contribution in [3.05, 3.63) is 23.2 Å². The zero-order valence-corrected chi connectivity index (χ0v) is 13.3. The highest BCUT2D eigenvalue weighted by atomic mass is 32.2. The summed E-state index contributed by atoms with van der Waals surface area (Å²) in [7, 11) is -3.43. The summed E-state index contributed by atoms with van der Waals surface area (Å²) in [6.07, 6.45) is 0.701. The Morgan fingerprint density at radius 3 is 2.59 bits per heavy atom. The highest BCUT2D eigenvalue weighted by Crippen LogP contribution is 2.29. The quantitative estimate of drug-likeness (QED) is 0.763. The lowest BCUT2D eigenvalue weighted by atomic mass is 10.2. The molecule has 0 bridgehead atoms. The summed E-state index contributed by atoms with van der Waals surface area (Å²) in [6.45, 7) is 1.21. The molecule has 8 nitrogen and oxygen atoms in total. The smallest absolute Gasteiger partial charge is 0.264 e. The molecule has 2 aromatic heterocycles. The van der Waals surface area contributed by atoms with Crippen molar-refractivity contribution in [3.63, 3.8) is 0 Å². The molecule has 0 aromatic carbocycles. The van der Waals surface area contributed by atoms with Crippen LogP contribution in [-0.4, -0.2) is 53.6 Å². The molecule has 22 heavy (non-hydrogen) atoms. The van der Waals surface area contributed by atoms with Crippen LogP contribution in [0.4, 0.5) is 5.13 Å². The Bertz CT molecular complexity index is 757. The predicted octanol–water partition coefficient (Wildman–Crippen LogP) is 0.569. The molecule has 0 unspecified atom stereocenters. The minimum atomic E-state index is -3.43. The molecule has 2 aromatic rings. The van der Waals surface area contributed by atoms with E-state index in [0.717, 1.165) is 11.4 Å². The van der Waals surface area contributed by atoms with Crippen LogP contribution in [0.3, 0.4) is 0 Å². The van der Waals surface area contributed by atoms with Gasteiger partial charge in [-0.05, 0) is 0 Å². The van der Waals surface area contributed by atoms with Gasteiger partial charge in [0.05, 0.1) is 18.5 Å². The zero-order valence-electron chi connectivity index (χ0n) is 11.7. The lowest BCUT2D eigenvalue weighted by molar-refractivity contribution is 0.177. The molecule has 1 saturated heterocycles. The van der Waals surface area contributed by atoms with Crippen molar-refractivity contribution < 1.29 is 22.8 Å². The molecular weight excluding hydrogens is 330 g/mol. The molecule has 1 fully saturated rings. The highest BCUT2D eigenvalue weighted by molar-refractivity contribution is 7.86. The topological polar surface area (TPSA) is 105 Å². The van der Waals surface area contributed by atoms with Gasteiger partial charge in [0.2, 0.25) is 0 Å². The van der Waals surface area contributed by atoms with E-state index in [1.54, 1.807) is 0 Å². The van der Waals surface area contributed by atoms with Crippen LogP contribution in [0.15, 0.2) is 17.5 Å². The van der Waals surface area contributed by atoms with Crippen LogP contribution < -0.4 is 4.90 Å². The minimum Gasteiger partial charge on any atom is -0.494 e. The minimum absolute atomic E-state index is 0.0300. The van der Waals surface area contributed by atoms with Crippen LogP contribution in [-0.2, 0) is 20.8 Å². The normalized spacial score (nSPS) is 16.0. The van der Waals surface area contributed by atoms with Crippen LogP contribution in [0.1, 0.15) is 5.69 Å². The summed E-state index contributed by atoms with van der Waals surface area (Å²) in [5.41, 5.74) is 0.703. The largest absolute Gasteiger partial charge is 0.494 e. The van der Waals surface area contributed by atoms with Crippen LogP contribution >= 0.6 is 11.3 Å². The van der Waals surface area contributed by atoms with E-state index in [9.17, 15) is 18.6 Å². The molecule has 2 N–H and O–H groups in total. The maximum Gasteiger partial charge on any atom is 0.264 e. The van der Waals surface area contributed by atoms with Crippen LogP contribution in [0.2, 0.25) is 0 Å². The SMILES string of the molecule is CS(=O)(=O)OC1CN(c2nc(Cn3c(O)ccc3O)cs2)C1. The number of hydrogen-bond donors (Lipinski definition) is 2. The van der Waals surface area contributed by atoms with Gasteiger partial charge in [-0.3, -0.25) is 8.75 Å². The highest BCUT2D eigenvalue weighted by Gasteiger charge is 2.32. The molecule has 3 rings (SSSR count). The van der Waals surface area contributed by atoms with Crippen molar-refractivity contribution in [2.24, 2.45) is 0 Å². The van der Waals surface area contributed by atoms with E-state index in [-0.39, 0.29) is 24.4 Å². The van der Waals surface area contributed by atoms with Gasteiger partial charge in [0.1, 0.15) is 6.10 Å². The first-order valence-electron chi connectivity index (χ1n) is 6.47. The van der Waals surface area contributed by atoms with E-state index in [4.69, 9.17) is 4.18 Å². The molecule has 0 atom stereocenters. The summed E-state index contributed by atoms with van der Waals surface area (Å²) in [6, 6.07) is 2.82. The van der Waals surface area contributed by atoms with Gasteiger partial charge in [-0.1, -0.05) is 0 Å². The molecule has 10 heteroatoms. The van der Waals surface area contributed by atoms with Crippen LogP contribution in [0, 0.1) is 0 Å². The maximum atomic E-state index is 11.0. The Hall–Kier alpha value is -1.78. The van der Waals surface area contributed by atoms with E-state index in [1.165, 1.54) is 28.0 Å². The van der Waals surface area contributed by atoms with Crippen LogP contribution in [0.25, 0.3) is 0 Å². The Morgan fingerprint density at radius 1 is 1.36 bits per heavy atom. The van der Waals surface area contributed by atoms with E-state index in [1.807, 2.05) is 10.3 Å². The summed E-state index contributed by atoms with van der Waals surface area (Å²) >= 11 is 1.42. The second-order valence-electron chi connectivity index (χ2n) is 5.08. The fourth-order valence-electron chi connectivity index (χ4n) is 2.19. The number of thiazole rings is 1. The number of rotatable bonds is 5.